The summed E-state index contributed by atoms with van der Waals surface area (Å²) >= 11 is 0. The van der Waals surface area contributed by atoms with Crippen LogP contribution in [0, 0.1) is 11.3 Å². The summed E-state index contributed by atoms with van der Waals surface area (Å²) < 4.78 is 27.8. The molecule has 1 heterocycles. The highest BCUT2D eigenvalue weighted by atomic mass is 32.2. The summed E-state index contributed by atoms with van der Waals surface area (Å²) in [4.78, 5) is 0. The number of aryl methyl sites for hydroxylation is 1. The Hall–Kier alpha value is -1.55. The van der Waals surface area contributed by atoms with Crippen LogP contribution in [0.5, 0.6) is 5.75 Å². The molecule has 6 nitrogen and oxygen atoms in total. The van der Waals surface area contributed by atoms with Gasteiger partial charge >= 0.3 is 10.1 Å². The van der Waals surface area contributed by atoms with Gasteiger partial charge in [-0.25, -0.2) is 0 Å². The van der Waals surface area contributed by atoms with Crippen LogP contribution in [0.1, 0.15) is 0 Å². The molecule has 0 aliphatic carbocycles. The van der Waals surface area contributed by atoms with Gasteiger partial charge in [-0.3, -0.25) is 4.68 Å². The molecule has 0 spiro atoms. The average Bonchev–Trinajstić information content (AvgIpc) is 2.34. The van der Waals surface area contributed by atoms with E-state index in [0.717, 1.165) is 0 Å². The van der Waals surface area contributed by atoms with E-state index in [4.69, 9.17) is 5.26 Å². The van der Waals surface area contributed by atoms with E-state index < -0.39 is 15.9 Å². The van der Waals surface area contributed by atoms with Crippen molar-refractivity contribution in [2.24, 2.45) is 7.05 Å². The summed E-state index contributed by atoms with van der Waals surface area (Å²) in [6.07, 6.45) is 2.66. The number of nitriles is 1. The molecule has 0 saturated carbocycles. The number of aromatic nitrogens is 2. The molecule has 0 bridgehead atoms. The lowest BCUT2D eigenvalue weighted by molar-refractivity contribution is 0.489. The summed E-state index contributed by atoms with van der Waals surface area (Å²) in [5.41, 5.74) is 0. The highest BCUT2D eigenvalue weighted by Crippen LogP contribution is 2.10. The second-order valence-electron chi connectivity index (χ2n) is 2.29. The molecular formula is C6H7N3O3S. The minimum atomic E-state index is -3.79. The molecule has 0 radical (unpaired) electrons. The summed E-state index contributed by atoms with van der Waals surface area (Å²) in [6.45, 7) is 0. The van der Waals surface area contributed by atoms with Gasteiger partial charge in [0.25, 0.3) is 0 Å². The van der Waals surface area contributed by atoms with Crippen LogP contribution in [0.2, 0.25) is 0 Å². The zero-order valence-corrected chi connectivity index (χ0v) is 7.65. The predicted octanol–water partition coefficient (Wildman–Crippen LogP) is -0.348. The van der Waals surface area contributed by atoms with Crippen LogP contribution < -0.4 is 4.18 Å². The Balaban J connectivity index is 2.76. The molecule has 70 valence electrons. The molecule has 0 N–H and O–H groups in total. The molecule has 1 aromatic rings. The van der Waals surface area contributed by atoms with E-state index in [9.17, 15) is 8.42 Å². The Kier molecular flexibility index (Phi) is 2.53. The van der Waals surface area contributed by atoms with Crippen molar-refractivity contribution in [2.75, 3.05) is 5.75 Å². The maximum Gasteiger partial charge on any atom is 0.322 e. The maximum absolute atomic E-state index is 10.9. The fourth-order valence-electron chi connectivity index (χ4n) is 0.697. The van der Waals surface area contributed by atoms with Crippen LogP contribution in [0.3, 0.4) is 0 Å². The minimum Gasteiger partial charge on any atom is -0.378 e. The molecule has 7 heteroatoms. The highest BCUT2D eigenvalue weighted by Gasteiger charge is 2.12. The van der Waals surface area contributed by atoms with Crippen molar-refractivity contribution in [1.29, 1.82) is 5.26 Å². The van der Waals surface area contributed by atoms with Crippen molar-refractivity contribution in [3.05, 3.63) is 12.4 Å². The van der Waals surface area contributed by atoms with Gasteiger partial charge in [-0.15, -0.1) is 0 Å². The number of hydrogen-bond acceptors (Lipinski definition) is 5. The molecular weight excluding hydrogens is 194 g/mol. The van der Waals surface area contributed by atoms with Crippen molar-refractivity contribution >= 4 is 10.1 Å². The molecule has 0 atom stereocenters. The molecule has 0 saturated heterocycles. The number of nitrogens with zero attached hydrogens (tertiary/aromatic N) is 3. The Morgan fingerprint density at radius 2 is 2.46 bits per heavy atom. The molecule has 0 amide bonds. The van der Waals surface area contributed by atoms with Crippen LogP contribution in [0.25, 0.3) is 0 Å². The zero-order valence-electron chi connectivity index (χ0n) is 6.84. The first-order valence-corrected chi connectivity index (χ1v) is 4.89. The minimum absolute atomic E-state index is 0.109. The van der Waals surface area contributed by atoms with Crippen LogP contribution in [-0.4, -0.2) is 24.0 Å². The Labute approximate surface area is 75.5 Å². The normalized spacial score (nSPS) is 10.8. The van der Waals surface area contributed by atoms with Crippen LogP contribution in [0.15, 0.2) is 12.4 Å². The van der Waals surface area contributed by atoms with Gasteiger partial charge in [0.2, 0.25) is 0 Å². The Bertz CT molecular complexity index is 428. The van der Waals surface area contributed by atoms with E-state index in [1.54, 1.807) is 7.05 Å². The van der Waals surface area contributed by atoms with Gasteiger partial charge in [0.1, 0.15) is 0 Å². The Morgan fingerprint density at radius 1 is 1.77 bits per heavy atom. The second kappa shape index (κ2) is 3.45. The standard InChI is InChI=1S/C6H7N3O3S/c1-9-5-6(4-8-9)12-13(10,11)3-2-7/h4-5H,3H2,1H3. The van der Waals surface area contributed by atoms with E-state index in [1.165, 1.54) is 23.1 Å². The molecule has 0 fully saturated rings. The second-order valence-corrected chi connectivity index (χ2v) is 3.86. The topological polar surface area (TPSA) is 85.0 Å². The molecule has 0 aliphatic heterocycles. The summed E-state index contributed by atoms with van der Waals surface area (Å²) in [5, 5.41) is 11.9. The lowest BCUT2D eigenvalue weighted by atomic mass is 10.7. The zero-order chi connectivity index (χ0) is 9.90. The van der Waals surface area contributed by atoms with Crippen LogP contribution >= 0.6 is 0 Å². The van der Waals surface area contributed by atoms with Gasteiger partial charge in [0.15, 0.2) is 11.5 Å². The monoisotopic (exact) mass is 201 g/mol. The van der Waals surface area contributed by atoms with Crippen molar-refractivity contribution < 1.29 is 12.6 Å². The largest absolute Gasteiger partial charge is 0.378 e. The lowest BCUT2D eigenvalue weighted by Crippen LogP contribution is -2.11. The third-order valence-corrected chi connectivity index (χ3v) is 2.07. The third-order valence-electron chi connectivity index (χ3n) is 1.15. The fraction of sp³-hybridized carbons (Fsp3) is 0.333. The van der Waals surface area contributed by atoms with Crippen molar-refractivity contribution in [3.63, 3.8) is 0 Å². The van der Waals surface area contributed by atoms with Gasteiger partial charge < -0.3 is 4.18 Å². The van der Waals surface area contributed by atoms with Crippen LogP contribution in [-0.2, 0) is 17.2 Å². The molecule has 0 unspecified atom stereocenters. The molecule has 1 aromatic heterocycles. The SMILES string of the molecule is Cn1cc(OS(=O)(=O)CC#N)cn1. The van der Waals surface area contributed by atoms with E-state index in [0.29, 0.717) is 0 Å². The summed E-state index contributed by atoms with van der Waals surface area (Å²) in [5.74, 6) is -0.556. The van der Waals surface area contributed by atoms with Gasteiger partial charge in [-0.1, -0.05) is 0 Å². The van der Waals surface area contributed by atoms with Crippen molar-refractivity contribution in [1.82, 2.24) is 9.78 Å². The first-order chi connectivity index (χ1) is 6.03. The quantitative estimate of drug-likeness (QED) is 0.624. The van der Waals surface area contributed by atoms with E-state index in [-0.39, 0.29) is 5.75 Å². The Morgan fingerprint density at radius 3 is 2.92 bits per heavy atom. The molecule has 0 aromatic carbocycles. The maximum atomic E-state index is 10.9. The highest BCUT2D eigenvalue weighted by molar-refractivity contribution is 7.87. The summed E-state index contributed by atoms with van der Waals surface area (Å²) in [7, 11) is -2.16. The van der Waals surface area contributed by atoms with Gasteiger partial charge in [-0.05, 0) is 0 Å². The summed E-state index contributed by atoms with van der Waals surface area (Å²) in [6, 6.07) is 1.49. The smallest absolute Gasteiger partial charge is 0.322 e. The van der Waals surface area contributed by atoms with E-state index in [1.807, 2.05) is 0 Å². The third kappa shape index (κ3) is 2.76. The van der Waals surface area contributed by atoms with E-state index in [2.05, 4.69) is 9.28 Å². The number of hydrogen-bond donors (Lipinski definition) is 0. The lowest BCUT2D eigenvalue weighted by Gasteiger charge is -1.98. The molecule has 13 heavy (non-hydrogen) atoms. The van der Waals surface area contributed by atoms with Gasteiger partial charge in [0.05, 0.1) is 18.5 Å². The molecule has 0 aliphatic rings. The predicted molar refractivity (Wildman–Crippen MR) is 43.2 cm³/mol. The van der Waals surface area contributed by atoms with Gasteiger partial charge in [-0.2, -0.15) is 18.8 Å². The average molecular weight is 201 g/mol. The van der Waals surface area contributed by atoms with Gasteiger partial charge in [0, 0.05) is 7.05 Å². The first-order valence-electron chi connectivity index (χ1n) is 3.31. The molecule has 1 rings (SSSR count). The fourth-order valence-corrected chi connectivity index (χ4v) is 1.29. The first kappa shape index (κ1) is 9.54. The van der Waals surface area contributed by atoms with Crippen molar-refractivity contribution in [2.45, 2.75) is 0 Å². The van der Waals surface area contributed by atoms with Crippen molar-refractivity contribution in [3.8, 4) is 11.8 Å². The number of rotatable bonds is 3. The van der Waals surface area contributed by atoms with Crippen LogP contribution in [0.4, 0.5) is 0 Å². The van der Waals surface area contributed by atoms with E-state index >= 15 is 0 Å².